The molecule has 1 aromatic heterocycles. The van der Waals surface area contributed by atoms with E-state index in [0.29, 0.717) is 24.6 Å². The first-order valence-corrected chi connectivity index (χ1v) is 10.5. The molecule has 31 heavy (non-hydrogen) atoms. The highest BCUT2D eigenvalue weighted by molar-refractivity contribution is 5.94. The maximum Gasteiger partial charge on any atom is 0.414 e. The second-order valence-electron chi connectivity index (χ2n) is 8.42. The summed E-state index contributed by atoms with van der Waals surface area (Å²) in [6.45, 7) is 2.50. The van der Waals surface area contributed by atoms with Crippen LogP contribution in [0.4, 0.5) is 10.5 Å². The van der Waals surface area contributed by atoms with Crippen LogP contribution in [0.15, 0.2) is 61.2 Å². The number of hydrogen-bond donors (Lipinski definition) is 2. The fraction of sp³-hybridized carbons (Fsp3) is 0.348. The van der Waals surface area contributed by atoms with Crippen molar-refractivity contribution in [3.05, 3.63) is 72.3 Å². The number of cyclic esters (lactones) is 1. The van der Waals surface area contributed by atoms with Gasteiger partial charge < -0.3 is 20.7 Å². The Hall–Kier alpha value is -3.55. The van der Waals surface area contributed by atoms with Gasteiger partial charge in [0.05, 0.1) is 18.7 Å². The lowest BCUT2D eigenvalue weighted by Gasteiger charge is -2.22. The van der Waals surface area contributed by atoms with Crippen LogP contribution in [0, 0.1) is 5.92 Å². The molecule has 8 heteroatoms. The monoisotopic (exact) mass is 419 g/mol. The number of hydrogen-bond acceptors (Lipinski definition) is 6. The molecule has 0 bridgehead atoms. The number of amides is 2. The van der Waals surface area contributed by atoms with Gasteiger partial charge >= 0.3 is 6.09 Å². The number of nitrogens with two attached hydrogens (primary N) is 1. The van der Waals surface area contributed by atoms with Crippen molar-refractivity contribution in [3.8, 4) is 0 Å². The Morgan fingerprint density at radius 2 is 2.13 bits per heavy atom. The Balaban J connectivity index is 1.25. The van der Waals surface area contributed by atoms with Gasteiger partial charge in [-0.1, -0.05) is 12.1 Å². The zero-order chi connectivity index (χ0) is 21.4. The Kier molecular flexibility index (Phi) is 4.77. The minimum absolute atomic E-state index is 0.0307. The molecule has 3 aliphatic rings. The van der Waals surface area contributed by atoms with E-state index < -0.39 is 0 Å². The van der Waals surface area contributed by atoms with Crippen molar-refractivity contribution in [2.45, 2.75) is 17.9 Å². The molecule has 1 aliphatic carbocycles. The number of benzene rings is 1. The first-order chi connectivity index (χ1) is 15.1. The van der Waals surface area contributed by atoms with Gasteiger partial charge in [0, 0.05) is 49.0 Å². The number of carbonyl (C=O) groups excluding carboxylic acids is 2. The fourth-order valence-corrected chi connectivity index (χ4v) is 4.84. The highest BCUT2D eigenvalue weighted by atomic mass is 16.6. The van der Waals surface area contributed by atoms with Crippen LogP contribution in [0.2, 0.25) is 0 Å². The van der Waals surface area contributed by atoms with Crippen molar-refractivity contribution in [2.75, 3.05) is 31.1 Å². The van der Waals surface area contributed by atoms with Crippen molar-refractivity contribution in [1.82, 2.24) is 15.2 Å². The van der Waals surface area contributed by atoms with E-state index in [1.54, 1.807) is 29.6 Å². The van der Waals surface area contributed by atoms with E-state index in [4.69, 9.17) is 10.5 Å². The van der Waals surface area contributed by atoms with Crippen molar-refractivity contribution in [1.29, 1.82) is 0 Å². The molecule has 0 spiro atoms. The lowest BCUT2D eigenvalue weighted by molar-refractivity contribution is 0.0772. The number of fused-ring (bicyclic) bond motifs is 1. The molecule has 2 unspecified atom stereocenters. The minimum atomic E-state index is -0.340. The number of ether oxygens (including phenoxy) is 1. The molecule has 2 amide bonds. The highest BCUT2D eigenvalue weighted by Crippen LogP contribution is 2.59. The van der Waals surface area contributed by atoms with Gasteiger partial charge in [0.25, 0.3) is 5.91 Å². The molecule has 1 aromatic carbocycles. The zero-order valence-corrected chi connectivity index (χ0v) is 17.1. The molecule has 3 atom stereocenters. The molecule has 2 aromatic rings. The summed E-state index contributed by atoms with van der Waals surface area (Å²) in [6, 6.07) is 11.7. The number of nitrogens with one attached hydrogen (secondary N) is 1. The number of likely N-dealkylation sites (tertiary alicyclic amines) is 1. The molecule has 3 heterocycles. The summed E-state index contributed by atoms with van der Waals surface area (Å²) in [4.78, 5) is 32.7. The maximum atomic E-state index is 12.8. The van der Waals surface area contributed by atoms with Gasteiger partial charge in [0.2, 0.25) is 0 Å². The third-order valence-electron chi connectivity index (χ3n) is 6.53. The summed E-state index contributed by atoms with van der Waals surface area (Å²) in [6.07, 6.45) is 6.86. The molecule has 8 nitrogen and oxygen atoms in total. The third-order valence-corrected chi connectivity index (χ3v) is 6.53. The Morgan fingerprint density at radius 3 is 2.87 bits per heavy atom. The lowest BCUT2D eigenvalue weighted by atomic mass is 9.94. The minimum Gasteiger partial charge on any atom is -0.442 e. The van der Waals surface area contributed by atoms with Gasteiger partial charge in [0.1, 0.15) is 6.10 Å². The normalized spacial score (nSPS) is 26.8. The standard InChI is InChI=1S/C23H25N5O3/c24-7-9-26-12-20-14-28(22(30)31-20)19-5-3-17(4-6-19)23-10-18(23)13-27(15-23)21(29)16-2-1-8-25-11-16/h1-9,11,18,20,26H,10,12-15,24H2/b9-7-/t18?,20-,23?/m0/s1. The third kappa shape index (κ3) is 3.48. The molecule has 2 saturated heterocycles. The molecule has 2 aliphatic heterocycles. The smallest absolute Gasteiger partial charge is 0.414 e. The van der Waals surface area contributed by atoms with Crippen LogP contribution in [0.3, 0.4) is 0 Å². The molecule has 1 saturated carbocycles. The number of pyridine rings is 1. The predicted molar refractivity (Wildman–Crippen MR) is 115 cm³/mol. The van der Waals surface area contributed by atoms with E-state index in [1.807, 2.05) is 23.1 Å². The van der Waals surface area contributed by atoms with E-state index >= 15 is 0 Å². The first kappa shape index (κ1) is 19.4. The summed E-state index contributed by atoms with van der Waals surface area (Å²) in [5.41, 5.74) is 8.01. The summed E-state index contributed by atoms with van der Waals surface area (Å²) in [7, 11) is 0. The second-order valence-corrected chi connectivity index (χ2v) is 8.42. The SMILES string of the molecule is N/C=C\NC[C@H]1CN(c2ccc(C34CC3CN(C(=O)c3cccnc3)C4)cc2)C(=O)O1. The average molecular weight is 419 g/mol. The number of anilines is 1. The Bertz CT molecular complexity index is 1010. The molecule has 3 N–H and O–H groups in total. The van der Waals surface area contributed by atoms with Crippen LogP contribution in [-0.4, -0.2) is 54.2 Å². The highest BCUT2D eigenvalue weighted by Gasteiger charge is 2.61. The Morgan fingerprint density at radius 1 is 1.29 bits per heavy atom. The number of aromatic nitrogens is 1. The largest absolute Gasteiger partial charge is 0.442 e. The number of nitrogens with zero attached hydrogens (tertiary/aromatic N) is 3. The maximum absolute atomic E-state index is 12.8. The number of rotatable bonds is 6. The topological polar surface area (TPSA) is 101 Å². The Labute approximate surface area is 180 Å². The van der Waals surface area contributed by atoms with Crippen molar-refractivity contribution < 1.29 is 14.3 Å². The van der Waals surface area contributed by atoms with Gasteiger partial charge in [-0.3, -0.25) is 14.7 Å². The molecular formula is C23H25N5O3. The average Bonchev–Trinajstić information content (AvgIpc) is 3.17. The second kappa shape index (κ2) is 7.61. The van der Waals surface area contributed by atoms with Gasteiger partial charge in [-0.25, -0.2) is 4.79 Å². The summed E-state index contributed by atoms with van der Waals surface area (Å²) in [5.74, 6) is 0.530. The molecular weight excluding hydrogens is 394 g/mol. The molecule has 5 rings (SSSR count). The molecule has 0 radical (unpaired) electrons. The van der Waals surface area contributed by atoms with Crippen LogP contribution >= 0.6 is 0 Å². The zero-order valence-electron chi connectivity index (χ0n) is 17.1. The van der Waals surface area contributed by atoms with E-state index in [-0.39, 0.29) is 23.5 Å². The van der Waals surface area contributed by atoms with E-state index in [1.165, 1.54) is 11.8 Å². The predicted octanol–water partition coefficient (Wildman–Crippen LogP) is 1.84. The summed E-state index contributed by atoms with van der Waals surface area (Å²) in [5, 5.41) is 3.01. The van der Waals surface area contributed by atoms with Gasteiger partial charge in [0.15, 0.2) is 0 Å². The van der Waals surface area contributed by atoms with E-state index in [2.05, 4.69) is 22.4 Å². The van der Waals surface area contributed by atoms with Gasteiger partial charge in [-0.05, 0) is 42.2 Å². The van der Waals surface area contributed by atoms with Crippen LogP contribution in [0.5, 0.6) is 0 Å². The number of piperidine rings is 1. The van der Waals surface area contributed by atoms with Crippen LogP contribution < -0.4 is 16.0 Å². The molecule has 160 valence electrons. The quantitative estimate of drug-likeness (QED) is 0.741. The van der Waals surface area contributed by atoms with Crippen LogP contribution in [-0.2, 0) is 10.2 Å². The summed E-state index contributed by atoms with van der Waals surface area (Å²) < 4.78 is 5.42. The van der Waals surface area contributed by atoms with Gasteiger partial charge in [-0.15, -0.1) is 0 Å². The van der Waals surface area contributed by atoms with Crippen LogP contribution in [0.25, 0.3) is 0 Å². The van der Waals surface area contributed by atoms with Crippen molar-refractivity contribution in [3.63, 3.8) is 0 Å². The van der Waals surface area contributed by atoms with Crippen LogP contribution in [0.1, 0.15) is 22.3 Å². The lowest BCUT2D eigenvalue weighted by Crippen LogP contribution is -2.33. The van der Waals surface area contributed by atoms with Crippen molar-refractivity contribution in [2.24, 2.45) is 11.7 Å². The van der Waals surface area contributed by atoms with Gasteiger partial charge in [-0.2, -0.15) is 0 Å². The van der Waals surface area contributed by atoms with Crippen molar-refractivity contribution >= 4 is 17.7 Å². The first-order valence-electron chi connectivity index (χ1n) is 10.5. The fourth-order valence-electron chi connectivity index (χ4n) is 4.84. The molecule has 3 fully saturated rings. The summed E-state index contributed by atoms with van der Waals surface area (Å²) >= 11 is 0. The van der Waals surface area contributed by atoms with E-state index in [0.717, 1.165) is 25.2 Å². The number of carbonyl (C=O) groups is 2. The van der Waals surface area contributed by atoms with E-state index in [9.17, 15) is 9.59 Å².